The molecule has 0 aliphatic heterocycles. The first-order valence-electron chi connectivity index (χ1n) is 6.24. The third-order valence-electron chi connectivity index (χ3n) is 2.59. The van der Waals surface area contributed by atoms with Gasteiger partial charge in [-0.05, 0) is 31.8 Å². The maximum Gasteiger partial charge on any atom is 0.268 e. The number of alkyl halides is 2. The van der Waals surface area contributed by atoms with Crippen LogP contribution in [0.1, 0.15) is 48.0 Å². The molecule has 0 fully saturated rings. The second-order valence-corrected chi connectivity index (χ2v) is 5.96. The number of ether oxygens (including phenoxy) is 1. The lowest BCUT2D eigenvalue weighted by atomic mass is 9.89. The minimum atomic E-state index is -2.71. The Kier molecular flexibility index (Phi) is 6.31. The van der Waals surface area contributed by atoms with Gasteiger partial charge in [0.2, 0.25) is 0 Å². The molecule has 0 aromatic carbocycles. The van der Waals surface area contributed by atoms with E-state index in [1.54, 1.807) is 6.08 Å². The van der Waals surface area contributed by atoms with Gasteiger partial charge in [-0.3, -0.25) is 0 Å². The Morgan fingerprint density at radius 3 is 2.06 bits per heavy atom. The van der Waals surface area contributed by atoms with Crippen molar-refractivity contribution in [3.8, 4) is 0 Å². The van der Waals surface area contributed by atoms with E-state index in [0.717, 1.165) is 6.08 Å². The van der Waals surface area contributed by atoms with E-state index in [0.29, 0.717) is 13.0 Å². The molecule has 0 amide bonds. The summed E-state index contributed by atoms with van der Waals surface area (Å²) in [6.07, 6.45) is 3.37. The monoisotopic (exact) mass is 248 g/mol. The lowest BCUT2D eigenvalue weighted by Gasteiger charge is -2.24. The Morgan fingerprint density at radius 1 is 1.12 bits per heavy atom. The van der Waals surface area contributed by atoms with Crippen LogP contribution in [0.4, 0.5) is 8.78 Å². The predicted molar refractivity (Wildman–Crippen MR) is 68.4 cm³/mol. The highest BCUT2D eigenvalue weighted by atomic mass is 19.3. The van der Waals surface area contributed by atoms with Crippen molar-refractivity contribution >= 4 is 0 Å². The summed E-state index contributed by atoms with van der Waals surface area (Å²) in [6.45, 7) is 11.6. The molecule has 0 saturated heterocycles. The molecule has 0 aliphatic rings. The first-order chi connectivity index (χ1) is 7.57. The van der Waals surface area contributed by atoms with Gasteiger partial charge in [0.05, 0.1) is 12.7 Å². The molecule has 17 heavy (non-hydrogen) atoms. The van der Waals surface area contributed by atoms with Gasteiger partial charge in [-0.1, -0.05) is 33.8 Å². The summed E-state index contributed by atoms with van der Waals surface area (Å²) in [4.78, 5) is 0. The number of rotatable bonds is 7. The van der Waals surface area contributed by atoms with Crippen LogP contribution in [-0.2, 0) is 4.74 Å². The van der Waals surface area contributed by atoms with Gasteiger partial charge < -0.3 is 4.74 Å². The lowest BCUT2D eigenvalue weighted by Crippen LogP contribution is -2.23. The molecule has 0 spiro atoms. The molecular formula is C14H26F2O. The summed E-state index contributed by atoms with van der Waals surface area (Å²) in [6, 6.07) is 0. The molecule has 102 valence electrons. The highest BCUT2D eigenvalue weighted by molar-refractivity contribution is 4.98. The minimum absolute atomic E-state index is 0.103. The van der Waals surface area contributed by atoms with E-state index in [2.05, 4.69) is 0 Å². The van der Waals surface area contributed by atoms with Crippen molar-refractivity contribution in [3.63, 3.8) is 0 Å². The molecule has 0 atom stereocenters. The van der Waals surface area contributed by atoms with Crippen LogP contribution in [0, 0.1) is 11.3 Å². The van der Waals surface area contributed by atoms with E-state index < -0.39 is 11.8 Å². The third-order valence-corrected chi connectivity index (χ3v) is 2.59. The molecule has 0 unspecified atom stereocenters. The van der Waals surface area contributed by atoms with E-state index in [4.69, 9.17) is 4.74 Å². The fraction of sp³-hybridized carbons (Fsp3) is 0.857. The predicted octanol–water partition coefficient (Wildman–Crippen LogP) is 4.68. The zero-order valence-electron chi connectivity index (χ0n) is 11.9. The summed E-state index contributed by atoms with van der Waals surface area (Å²) in [7, 11) is 0. The highest BCUT2D eigenvalue weighted by Gasteiger charge is 2.29. The Balaban J connectivity index is 4.21. The summed E-state index contributed by atoms with van der Waals surface area (Å²) >= 11 is 0. The first-order valence-corrected chi connectivity index (χ1v) is 6.24. The van der Waals surface area contributed by atoms with Crippen molar-refractivity contribution in [2.24, 2.45) is 11.3 Å². The second-order valence-electron chi connectivity index (χ2n) is 5.96. The van der Waals surface area contributed by atoms with Crippen molar-refractivity contribution in [1.29, 1.82) is 0 Å². The zero-order valence-corrected chi connectivity index (χ0v) is 11.9. The van der Waals surface area contributed by atoms with Crippen LogP contribution in [0.15, 0.2) is 12.2 Å². The highest BCUT2D eigenvalue weighted by Crippen LogP contribution is 2.28. The van der Waals surface area contributed by atoms with Crippen LogP contribution in [-0.4, -0.2) is 18.6 Å². The Bertz CT molecular complexity index is 243. The van der Waals surface area contributed by atoms with Gasteiger partial charge in [-0.2, -0.15) is 0 Å². The largest absolute Gasteiger partial charge is 0.378 e. The molecule has 0 N–H and O–H groups in total. The molecule has 0 bridgehead atoms. The molecule has 0 aromatic heterocycles. The van der Waals surface area contributed by atoms with Gasteiger partial charge >= 0.3 is 0 Å². The molecule has 0 rings (SSSR count). The Hall–Kier alpha value is -0.440. The van der Waals surface area contributed by atoms with Gasteiger partial charge in [0.1, 0.15) is 0 Å². The van der Waals surface area contributed by atoms with E-state index in [1.807, 2.05) is 27.7 Å². The number of halogens is 2. The second kappa shape index (κ2) is 6.48. The van der Waals surface area contributed by atoms with Crippen LogP contribution < -0.4 is 0 Å². The Labute approximate surface area is 104 Å². The molecule has 0 saturated carbocycles. The van der Waals surface area contributed by atoms with Crippen molar-refractivity contribution < 1.29 is 13.5 Å². The van der Waals surface area contributed by atoms with Crippen LogP contribution in [0.3, 0.4) is 0 Å². The van der Waals surface area contributed by atoms with Gasteiger partial charge in [-0.25, -0.2) is 8.78 Å². The fourth-order valence-corrected chi connectivity index (χ4v) is 1.18. The van der Waals surface area contributed by atoms with Gasteiger partial charge in [0.15, 0.2) is 0 Å². The van der Waals surface area contributed by atoms with Crippen LogP contribution >= 0.6 is 0 Å². The van der Waals surface area contributed by atoms with Crippen molar-refractivity contribution in [2.75, 3.05) is 6.61 Å². The smallest absolute Gasteiger partial charge is 0.268 e. The van der Waals surface area contributed by atoms with E-state index >= 15 is 0 Å². The van der Waals surface area contributed by atoms with Crippen molar-refractivity contribution in [2.45, 2.75) is 60.0 Å². The first kappa shape index (κ1) is 16.6. The normalized spacial score (nSPS) is 14.2. The minimum Gasteiger partial charge on any atom is -0.378 e. The van der Waals surface area contributed by atoms with Crippen molar-refractivity contribution in [3.05, 3.63) is 12.2 Å². The fourth-order valence-electron chi connectivity index (χ4n) is 1.18. The summed E-state index contributed by atoms with van der Waals surface area (Å²) in [5.41, 5.74) is -0.103. The number of allylic oxidation sites excluding steroid dienone is 2. The summed E-state index contributed by atoms with van der Waals surface area (Å²) in [5.74, 6) is -3.37. The molecule has 0 heterocycles. The molecule has 0 radical (unpaired) electrons. The van der Waals surface area contributed by atoms with E-state index in [-0.39, 0.29) is 11.5 Å². The number of hydrogen-bond acceptors (Lipinski definition) is 1. The van der Waals surface area contributed by atoms with Crippen LogP contribution in [0.5, 0.6) is 0 Å². The van der Waals surface area contributed by atoms with E-state index in [1.165, 1.54) is 13.8 Å². The average Bonchev–Trinajstić information content (AvgIpc) is 2.14. The van der Waals surface area contributed by atoms with Gasteiger partial charge in [0.25, 0.3) is 5.92 Å². The molecule has 0 aliphatic carbocycles. The van der Waals surface area contributed by atoms with Crippen molar-refractivity contribution in [1.82, 2.24) is 0 Å². The van der Waals surface area contributed by atoms with E-state index in [9.17, 15) is 8.78 Å². The topological polar surface area (TPSA) is 9.23 Å². The Morgan fingerprint density at radius 2 is 1.65 bits per heavy atom. The zero-order chi connectivity index (χ0) is 13.7. The molecular weight excluding hydrogens is 222 g/mol. The summed E-state index contributed by atoms with van der Waals surface area (Å²) in [5, 5.41) is 0. The van der Waals surface area contributed by atoms with Gasteiger partial charge in [0, 0.05) is 5.92 Å². The van der Waals surface area contributed by atoms with Crippen LogP contribution in [0.2, 0.25) is 0 Å². The number of hydrogen-bond donors (Lipinski definition) is 0. The molecule has 0 aromatic rings. The van der Waals surface area contributed by atoms with Gasteiger partial charge in [-0.15, -0.1) is 0 Å². The molecule has 3 heteroatoms. The maximum absolute atomic E-state index is 13.3. The summed E-state index contributed by atoms with van der Waals surface area (Å²) < 4.78 is 32.2. The third kappa shape index (κ3) is 7.48. The lowest BCUT2D eigenvalue weighted by molar-refractivity contribution is 0.00455. The average molecular weight is 248 g/mol. The standard InChI is InChI=1S/C14H26F2O/c1-11(2)14(15,16)9-7-8-13(5,6)10-17-12(3)4/h7,9,11-12H,8,10H2,1-6H3. The SMILES string of the molecule is CC(C)OCC(C)(C)CC=CC(F)(F)C(C)C. The quantitative estimate of drug-likeness (QED) is 0.595. The van der Waals surface area contributed by atoms with Crippen LogP contribution in [0.25, 0.3) is 0 Å². The maximum atomic E-state index is 13.3. The molecule has 1 nitrogen and oxygen atoms in total.